The zero-order valence-corrected chi connectivity index (χ0v) is 18.3. The van der Waals surface area contributed by atoms with Crippen molar-refractivity contribution in [1.82, 2.24) is 0 Å². The zero-order chi connectivity index (χ0) is 23.8. The number of hydrogen-bond acceptors (Lipinski definition) is 7. The van der Waals surface area contributed by atoms with Gasteiger partial charge in [0.25, 0.3) is 5.69 Å². The monoisotopic (exact) mass is 454 g/mol. The zero-order valence-electron chi connectivity index (χ0n) is 18.3. The van der Waals surface area contributed by atoms with Crippen LogP contribution in [-0.2, 0) is 4.79 Å². The van der Waals surface area contributed by atoms with Crippen molar-refractivity contribution in [2.45, 2.75) is 25.5 Å². The number of nitro benzene ring substituents is 1. The van der Waals surface area contributed by atoms with Crippen LogP contribution in [0.1, 0.15) is 30.9 Å². The first-order valence-electron chi connectivity index (χ1n) is 10.8. The number of carbonyl (C=O) groups excluding carboxylic acids is 1. The second kappa shape index (κ2) is 6.60. The van der Waals surface area contributed by atoms with Gasteiger partial charge in [-0.05, 0) is 36.4 Å². The van der Waals surface area contributed by atoms with Crippen LogP contribution in [0.5, 0.6) is 5.75 Å². The number of nitrogens with zero attached hydrogens (tertiary/aromatic N) is 2. The largest absolute Gasteiger partial charge is 0.457 e. The van der Waals surface area contributed by atoms with E-state index in [0.717, 1.165) is 0 Å². The summed E-state index contributed by atoms with van der Waals surface area (Å²) in [6.45, 7) is 3.73. The summed E-state index contributed by atoms with van der Waals surface area (Å²) in [4.78, 5) is 42.0. The van der Waals surface area contributed by atoms with Crippen LogP contribution < -0.4 is 10.4 Å². The van der Waals surface area contributed by atoms with E-state index in [1.807, 2.05) is 19.9 Å². The van der Waals surface area contributed by atoms with Crippen molar-refractivity contribution in [3.8, 4) is 5.75 Å². The van der Waals surface area contributed by atoms with Crippen molar-refractivity contribution in [2.75, 3.05) is 0 Å². The molecule has 0 amide bonds. The molecule has 2 atom stereocenters. The molecule has 0 spiro atoms. The number of para-hydroxylation sites is 2. The van der Waals surface area contributed by atoms with E-state index in [9.17, 15) is 19.7 Å². The summed E-state index contributed by atoms with van der Waals surface area (Å²) in [6, 6.07) is 13.4. The van der Waals surface area contributed by atoms with Crippen LogP contribution in [0.25, 0.3) is 11.0 Å². The van der Waals surface area contributed by atoms with Crippen molar-refractivity contribution < 1.29 is 18.9 Å². The Morgan fingerprint density at radius 2 is 1.79 bits per heavy atom. The number of fused-ring (bicyclic) bond motifs is 4. The lowest BCUT2D eigenvalue weighted by Gasteiger charge is -2.51. The Balaban J connectivity index is 1.73. The molecule has 0 saturated carbocycles. The highest BCUT2D eigenvalue weighted by Gasteiger charge is 2.58. The van der Waals surface area contributed by atoms with Gasteiger partial charge in [0.2, 0.25) is 5.72 Å². The number of rotatable bonds is 2. The summed E-state index contributed by atoms with van der Waals surface area (Å²) >= 11 is 0. The molecule has 3 heterocycles. The molecular formula is C26H18N2O6. The highest BCUT2D eigenvalue weighted by atomic mass is 16.6. The summed E-state index contributed by atoms with van der Waals surface area (Å²) < 4.78 is 12.1. The molecule has 8 heteroatoms. The maximum atomic E-state index is 13.3. The molecule has 168 valence electrons. The minimum Gasteiger partial charge on any atom is -0.457 e. The van der Waals surface area contributed by atoms with Crippen molar-refractivity contribution in [1.29, 1.82) is 0 Å². The van der Waals surface area contributed by atoms with E-state index in [1.165, 1.54) is 18.2 Å². The smallest absolute Gasteiger partial charge is 0.343 e. The molecule has 0 N–H and O–H groups in total. The fourth-order valence-electron chi connectivity index (χ4n) is 5.35. The fourth-order valence-corrected chi connectivity index (χ4v) is 5.35. The summed E-state index contributed by atoms with van der Waals surface area (Å²) in [5.41, 5.74) is -1.07. The molecule has 8 nitrogen and oxygen atoms in total. The van der Waals surface area contributed by atoms with Crippen LogP contribution in [0.4, 0.5) is 5.69 Å². The molecule has 1 aliphatic carbocycles. The lowest BCUT2D eigenvalue weighted by molar-refractivity contribution is -0.385. The van der Waals surface area contributed by atoms with E-state index in [1.54, 1.807) is 42.5 Å². The second-order valence-corrected chi connectivity index (χ2v) is 9.15. The average molecular weight is 454 g/mol. The molecule has 2 bridgehead atoms. The molecular weight excluding hydrogens is 436 g/mol. The number of nitro groups is 1. The number of hydrogen-bond donors (Lipinski definition) is 0. The van der Waals surface area contributed by atoms with Crippen molar-refractivity contribution >= 4 is 28.2 Å². The van der Waals surface area contributed by atoms with Gasteiger partial charge in [-0.2, -0.15) is 0 Å². The fraction of sp³-hybridized carbons (Fsp3) is 0.192. The lowest BCUT2D eigenvalue weighted by atomic mass is 9.60. The minimum atomic E-state index is -1.41. The van der Waals surface area contributed by atoms with Gasteiger partial charge in [-0.15, -0.1) is 0 Å². The highest BCUT2D eigenvalue weighted by molar-refractivity contribution is 6.11. The normalized spacial score (nSPS) is 23.9. The minimum absolute atomic E-state index is 0.0992. The third-order valence-electron chi connectivity index (χ3n) is 6.81. The van der Waals surface area contributed by atoms with Gasteiger partial charge in [0, 0.05) is 23.0 Å². The summed E-state index contributed by atoms with van der Waals surface area (Å²) in [5.74, 6) is -0.544. The van der Waals surface area contributed by atoms with Crippen LogP contribution in [-0.4, -0.2) is 22.1 Å². The standard InChI is InChI=1S/C26H18N2O6/c1-25(2)21-17-13-14(29)11-12-26(17,27-23(25)15-7-3-5-9-18(15)28(31)32)34-22-16-8-4-6-10-19(16)33-24(30)20(21)22/h3-13,21H,1-2H3/t21-,26-/m1/s1. The Bertz CT molecular complexity index is 1590. The molecule has 1 aromatic heterocycles. The number of allylic oxidation sites excluding steroid dienone is 2. The predicted octanol–water partition coefficient (Wildman–Crippen LogP) is 4.47. The second-order valence-electron chi connectivity index (χ2n) is 9.15. The summed E-state index contributed by atoms with van der Waals surface area (Å²) in [6.07, 6.45) is 4.38. The van der Waals surface area contributed by atoms with Gasteiger partial charge in [0.05, 0.1) is 27.1 Å². The van der Waals surface area contributed by atoms with Gasteiger partial charge in [-0.3, -0.25) is 14.9 Å². The highest BCUT2D eigenvalue weighted by Crippen LogP contribution is 2.59. The summed E-state index contributed by atoms with van der Waals surface area (Å²) in [7, 11) is 0. The van der Waals surface area contributed by atoms with E-state index < -0.39 is 27.6 Å². The molecule has 0 saturated heterocycles. The molecule has 2 aliphatic heterocycles. The van der Waals surface area contributed by atoms with Crippen LogP contribution in [0.15, 0.2) is 86.5 Å². The Morgan fingerprint density at radius 3 is 2.59 bits per heavy atom. The Hall–Kier alpha value is -4.33. The topological polar surface area (TPSA) is 112 Å². The third-order valence-corrected chi connectivity index (χ3v) is 6.81. The molecule has 6 rings (SSSR count). The van der Waals surface area contributed by atoms with Gasteiger partial charge >= 0.3 is 5.63 Å². The number of ether oxygens (including phenoxy) is 1. The van der Waals surface area contributed by atoms with E-state index in [4.69, 9.17) is 14.1 Å². The quantitative estimate of drug-likeness (QED) is 0.321. The maximum Gasteiger partial charge on any atom is 0.343 e. The van der Waals surface area contributed by atoms with Gasteiger partial charge in [-0.25, -0.2) is 9.79 Å². The van der Waals surface area contributed by atoms with Gasteiger partial charge in [-0.1, -0.05) is 38.1 Å². The van der Waals surface area contributed by atoms with Crippen LogP contribution >= 0.6 is 0 Å². The molecule has 34 heavy (non-hydrogen) atoms. The van der Waals surface area contributed by atoms with Gasteiger partial charge in [0.1, 0.15) is 11.3 Å². The Morgan fingerprint density at radius 1 is 1.06 bits per heavy atom. The summed E-state index contributed by atoms with van der Waals surface area (Å²) in [5, 5.41) is 12.4. The van der Waals surface area contributed by atoms with Crippen molar-refractivity contribution in [2.24, 2.45) is 10.4 Å². The van der Waals surface area contributed by atoms with Gasteiger partial charge in [0.15, 0.2) is 5.78 Å². The number of carbonyl (C=O) groups is 1. The first-order chi connectivity index (χ1) is 16.2. The first-order valence-corrected chi connectivity index (χ1v) is 10.8. The molecule has 0 fully saturated rings. The van der Waals surface area contributed by atoms with Crippen molar-refractivity contribution in [3.63, 3.8) is 0 Å². The maximum absolute atomic E-state index is 13.3. The first kappa shape index (κ1) is 20.3. The van der Waals surface area contributed by atoms with Gasteiger partial charge < -0.3 is 9.15 Å². The predicted molar refractivity (Wildman–Crippen MR) is 124 cm³/mol. The van der Waals surface area contributed by atoms with Crippen LogP contribution in [0, 0.1) is 15.5 Å². The van der Waals surface area contributed by atoms with Crippen LogP contribution in [0.2, 0.25) is 0 Å². The Kier molecular flexibility index (Phi) is 3.94. The van der Waals surface area contributed by atoms with E-state index in [-0.39, 0.29) is 17.0 Å². The lowest BCUT2D eigenvalue weighted by Crippen LogP contribution is -2.54. The third kappa shape index (κ3) is 2.56. The number of benzene rings is 2. The molecule has 0 radical (unpaired) electrons. The van der Waals surface area contributed by atoms with E-state index in [2.05, 4.69) is 0 Å². The number of aliphatic imine (C=N–C) groups is 1. The Labute approximate surface area is 193 Å². The molecule has 0 unspecified atom stereocenters. The number of ketones is 1. The molecule has 3 aliphatic rings. The molecule has 2 aromatic carbocycles. The van der Waals surface area contributed by atoms with E-state index in [0.29, 0.717) is 33.6 Å². The average Bonchev–Trinajstić information content (AvgIpc) is 2.81. The molecule has 3 aromatic rings. The SMILES string of the molecule is CC1(C)C(c2ccccc2[N+](=O)[O-])=N[C@@]23C=CC(=O)C=C2[C@@H]1c1c(c2ccccc2oc1=O)O3. The van der Waals surface area contributed by atoms with Crippen LogP contribution in [0.3, 0.4) is 0 Å². The van der Waals surface area contributed by atoms with Crippen molar-refractivity contribution in [3.05, 3.63) is 104 Å². The van der Waals surface area contributed by atoms with E-state index >= 15 is 0 Å².